The van der Waals surface area contributed by atoms with Crippen LogP contribution < -0.4 is 0 Å². The van der Waals surface area contributed by atoms with Crippen LogP contribution in [0, 0.1) is 0 Å². The minimum Gasteiger partial charge on any atom is -0.478 e. The number of carboxylic acid groups (broad SMARTS) is 1. The van der Waals surface area contributed by atoms with Crippen LogP contribution in [0.15, 0.2) is 12.7 Å². The second-order valence-corrected chi connectivity index (χ2v) is 11.6. The van der Waals surface area contributed by atoms with Crippen molar-refractivity contribution in [2.45, 2.75) is 192 Å². The molecule has 3 fully saturated rings. The molecule has 0 heterocycles. The highest BCUT2D eigenvalue weighted by Gasteiger charge is 2.21. The number of aliphatic hydroxyl groups is 2. The first-order valence-corrected chi connectivity index (χ1v) is 16.3. The third-order valence-electron chi connectivity index (χ3n) is 7.83. The average Bonchev–Trinajstić information content (AvgIpc) is 2.91. The molecule has 0 radical (unpaired) electrons. The van der Waals surface area contributed by atoms with E-state index in [1.807, 2.05) is 0 Å². The van der Waals surface area contributed by atoms with Crippen molar-refractivity contribution in [3.63, 3.8) is 0 Å². The maximum absolute atomic E-state index is 9.45. The maximum Gasteiger partial charge on any atom is 0.327 e. The molecule has 0 unspecified atom stereocenters. The predicted molar refractivity (Wildman–Crippen MR) is 159 cm³/mol. The lowest BCUT2D eigenvalue weighted by atomic mass is 9.97. The molecule has 0 bridgehead atoms. The number of hydrogen-bond acceptors (Lipinski definition) is 3. The second kappa shape index (κ2) is 28.1. The lowest BCUT2D eigenvalue weighted by Gasteiger charge is -2.22. The van der Waals surface area contributed by atoms with Crippen molar-refractivity contribution in [1.29, 1.82) is 0 Å². The molecule has 220 valence electrons. The van der Waals surface area contributed by atoms with Crippen molar-refractivity contribution < 1.29 is 20.1 Å². The fourth-order valence-corrected chi connectivity index (χ4v) is 5.36. The summed E-state index contributed by atoms with van der Waals surface area (Å²) in [4.78, 5) is 9.25. The van der Waals surface area contributed by atoms with Crippen LogP contribution in [0.5, 0.6) is 0 Å². The zero-order valence-electron chi connectivity index (χ0n) is 24.5. The van der Waals surface area contributed by atoms with E-state index in [0.717, 1.165) is 31.8 Å². The number of carboxylic acids is 1. The Kier molecular flexibility index (Phi) is 27.5. The van der Waals surface area contributed by atoms with Gasteiger partial charge in [0.15, 0.2) is 5.79 Å². The lowest BCUT2D eigenvalue weighted by molar-refractivity contribution is -0.172. The number of carbonyl (C=O) groups is 1. The Hall–Kier alpha value is -0.870. The number of aliphatic carboxylic acids is 1. The fourth-order valence-electron chi connectivity index (χ4n) is 5.36. The highest BCUT2D eigenvalue weighted by Crippen LogP contribution is 2.22. The maximum atomic E-state index is 9.45. The molecule has 3 rings (SSSR count). The van der Waals surface area contributed by atoms with Crippen molar-refractivity contribution in [2.75, 3.05) is 0 Å². The van der Waals surface area contributed by atoms with Gasteiger partial charge in [0, 0.05) is 18.9 Å². The highest BCUT2D eigenvalue weighted by molar-refractivity contribution is 5.78. The summed E-state index contributed by atoms with van der Waals surface area (Å²) in [5.41, 5.74) is 0. The normalized spacial score (nSPS) is 22.4. The zero-order chi connectivity index (χ0) is 27.3. The van der Waals surface area contributed by atoms with Crippen LogP contribution in [-0.4, -0.2) is 27.1 Å². The van der Waals surface area contributed by atoms with Gasteiger partial charge in [-0.3, -0.25) is 0 Å². The topological polar surface area (TPSA) is 77.8 Å². The average molecular weight is 525 g/mol. The van der Waals surface area contributed by atoms with Gasteiger partial charge in [-0.2, -0.15) is 0 Å². The van der Waals surface area contributed by atoms with Crippen LogP contribution in [-0.2, 0) is 4.79 Å². The van der Waals surface area contributed by atoms with E-state index < -0.39 is 11.8 Å². The largest absolute Gasteiger partial charge is 0.478 e. The Morgan fingerprint density at radius 2 is 0.568 bits per heavy atom. The van der Waals surface area contributed by atoms with Crippen LogP contribution in [0.3, 0.4) is 0 Å². The van der Waals surface area contributed by atoms with Gasteiger partial charge < -0.3 is 15.3 Å². The Morgan fingerprint density at radius 1 is 0.432 bits per heavy atom. The van der Waals surface area contributed by atoms with Crippen LogP contribution in [0.4, 0.5) is 0 Å². The highest BCUT2D eigenvalue weighted by atomic mass is 16.5. The first-order chi connectivity index (χ1) is 18.0. The molecule has 3 N–H and O–H groups in total. The van der Waals surface area contributed by atoms with Gasteiger partial charge in [0.05, 0.1) is 0 Å². The smallest absolute Gasteiger partial charge is 0.327 e. The van der Waals surface area contributed by atoms with Crippen LogP contribution in [0.25, 0.3) is 0 Å². The molecule has 3 aliphatic rings. The zero-order valence-corrected chi connectivity index (χ0v) is 24.5. The molecule has 0 aromatic carbocycles. The van der Waals surface area contributed by atoms with Crippen molar-refractivity contribution in [3.05, 3.63) is 12.7 Å². The van der Waals surface area contributed by atoms with Gasteiger partial charge in [-0.05, 0) is 12.8 Å². The SMILES string of the molecule is C1CCCCCCCCC1.C1CCCCCCCCC1.C=CC(=O)O.OC1(O)CCCCCCCCC1. The summed E-state index contributed by atoms with van der Waals surface area (Å²) in [5.74, 6) is -2.35. The summed E-state index contributed by atoms with van der Waals surface area (Å²) >= 11 is 0. The molecule has 0 aromatic heterocycles. The molecule has 4 nitrogen and oxygen atoms in total. The Bertz CT molecular complexity index is 390. The summed E-state index contributed by atoms with van der Waals surface area (Å²) < 4.78 is 0. The van der Waals surface area contributed by atoms with Gasteiger partial charge in [-0.15, -0.1) is 0 Å². The van der Waals surface area contributed by atoms with E-state index >= 15 is 0 Å². The van der Waals surface area contributed by atoms with E-state index in [9.17, 15) is 15.0 Å². The van der Waals surface area contributed by atoms with Gasteiger partial charge >= 0.3 is 5.97 Å². The van der Waals surface area contributed by atoms with E-state index in [-0.39, 0.29) is 0 Å². The van der Waals surface area contributed by atoms with Crippen molar-refractivity contribution in [1.82, 2.24) is 0 Å². The standard InChI is InChI=1S/C10H20O2.2C10H20.C3H4O2/c11-10(12)8-6-4-2-1-3-5-7-9-10;2*1-2-4-6-8-10-9-7-5-3-1;1-2-3(4)5/h11-12H,1-9H2;2*1-10H2;2H,1H2,(H,4,5). The van der Waals surface area contributed by atoms with Gasteiger partial charge in [-0.1, -0.05) is 167 Å². The molecular weight excluding hydrogens is 460 g/mol. The molecule has 0 amide bonds. The number of hydrogen-bond donors (Lipinski definition) is 3. The molecule has 3 saturated carbocycles. The van der Waals surface area contributed by atoms with E-state index in [4.69, 9.17) is 5.11 Å². The third kappa shape index (κ3) is 31.2. The summed E-state index contributed by atoms with van der Waals surface area (Å²) in [6.07, 6.45) is 40.0. The summed E-state index contributed by atoms with van der Waals surface area (Å²) in [7, 11) is 0. The molecule has 0 spiro atoms. The van der Waals surface area contributed by atoms with Crippen LogP contribution >= 0.6 is 0 Å². The van der Waals surface area contributed by atoms with Gasteiger partial charge in [0.25, 0.3) is 0 Å². The van der Waals surface area contributed by atoms with Crippen molar-refractivity contribution >= 4 is 5.97 Å². The minimum absolute atomic E-state index is 0.562. The quantitative estimate of drug-likeness (QED) is 0.235. The molecule has 3 aliphatic carbocycles. The fraction of sp³-hybridized carbons (Fsp3) is 0.909. The van der Waals surface area contributed by atoms with E-state index in [1.165, 1.54) is 148 Å². The van der Waals surface area contributed by atoms with Crippen molar-refractivity contribution in [2.24, 2.45) is 0 Å². The Morgan fingerprint density at radius 3 is 0.703 bits per heavy atom. The van der Waals surface area contributed by atoms with Gasteiger partial charge in [0.2, 0.25) is 0 Å². The van der Waals surface area contributed by atoms with Gasteiger partial charge in [0.1, 0.15) is 0 Å². The predicted octanol–water partition coefficient (Wildman–Crippen LogP) is 10.3. The summed E-state index contributed by atoms with van der Waals surface area (Å²) in [6.45, 7) is 2.96. The molecule has 0 aliphatic heterocycles. The first-order valence-electron chi connectivity index (χ1n) is 16.3. The van der Waals surface area contributed by atoms with Gasteiger partial charge in [-0.25, -0.2) is 4.79 Å². The first kappa shape index (κ1) is 36.1. The molecule has 0 atom stereocenters. The van der Waals surface area contributed by atoms with Crippen molar-refractivity contribution in [3.8, 4) is 0 Å². The summed E-state index contributed by atoms with van der Waals surface area (Å²) in [5, 5.41) is 26.5. The third-order valence-corrected chi connectivity index (χ3v) is 7.83. The monoisotopic (exact) mass is 524 g/mol. The Labute approximate surface area is 230 Å². The second-order valence-electron chi connectivity index (χ2n) is 11.6. The molecule has 0 saturated heterocycles. The minimum atomic E-state index is -1.36. The van der Waals surface area contributed by atoms with E-state index in [0.29, 0.717) is 12.8 Å². The summed E-state index contributed by atoms with van der Waals surface area (Å²) in [6, 6.07) is 0. The number of rotatable bonds is 1. The molecule has 37 heavy (non-hydrogen) atoms. The Balaban J connectivity index is 0.000000484. The van der Waals surface area contributed by atoms with E-state index in [1.54, 1.807) is 0 Å². The molecular formula is C33H64O4. The van der Waals surface area contributed by atoms with E-state index in [2.05, 4.69) is 6.58 Å². The lowest BCUT2D eigenvalue weighted by Crippen LogP contribution is -2.27. The van der Waals surface area contributed by atoms with Crippen LogP contribution in [0.2, 0.25) is 0 Å². The molecule has 4 heteroatoms. The molecule has 0 aromatic rings. The van der Waals surface area contributed by atoms with Crippen LogP contribution in [0.1, 0.15) is 186 Å².